The SMILES string of the molecule is CCCNc1nn(C[NH+]2CCN(S(=O)(=O)c3ccccc3)CC2)c(=S)s1. The van der Waals surface area contributed by atoms with Crippen LogP contribution in [0.5, 0.6) is 0 Å². The minimum atomic E-state index is -3.40. The molecule has 142 valence electrons. The molecule has 1 aliphatic heterocycles. The van der Waals surface area contributed by atoms with E-state index < -0.39 is 10.0 Å². The van der Waals surface area contributed by atoms with Crippen LogP contribution >= 0.6 is 23.6 Å². The first kappa shape index (κ1) is 19.4. The highest BCUT2D eigenvalue weighted by Crippen LogP contribution is 2.15. The van der Waals surface area contributed by atoms with Crippen molar-refractivity contribution < 1.29 is 13.3 Å². The second-order valence-corrected chi connectivity index (χ2v) is 9.79. The smallest absolute Gasteiger partial charge is 0.243 e. The fourth-order valence-corrected chi connectivity index (χ4v) is 5.36. The Morgan fingerprint density at radius 2 is 1.96 bits per heavy atom. The van der Waals surface area contributed by atoms with Crippen LogP contribution in [0.3, 0.4) is 0 Å². The number of nitrogens with one attached hydrogen (secondary N) is 2. The summed E-state index contributed by atoms with van der Waals surface area (Å²) in [5.74, 6) is 0. The largest absolute Gasteiger partial charge is 0.360 e. The summed E-state index contributed by atoms with van der Waals surface area (Å²) in [6.45, 7) is 6.14. The summed E-state index contributed by atoms with van der Waals surface area (Å²) in [5, 5.41) is 8.63. The molecule has 0 spiro atoms. The van der Waals surface area contributed by atoms with E-state index in [0.717, 1.165) is 35.1 Å². The summed E-state index contributed by atoms with van der Waals surface area (Å²) in [7, 11) is -3.40. The highest BCUT2D eigenvalue weighted by Gasteiger charge is 2.30. The third-order valence-corrected chi connectivity index (χ3v) is 7.49. The highest BCUT2D eigenvalue weighted by atomic mass is 32.2. The molecule has 10 heteroatoms. The summed E-state index contributed by atoms with van der Waals surface area (Å²) >= 11 is 6.88. The van der Waals surface area contributed by atoms with Gasteiger partial charge in [-0.1, -0.05) is 36.5 Å². The van der Waals surface area contributed by atoms with Crippen LogP contribution in [0.1, 0.15) is 13.3 Å². The van der Waals surface area contributed by atoms with Gasteiger partial charge in [-0.25, -0.2) is 8.42 Å². The molecular weight excluding hydrogens is 390 g/mol. The first-order valence-electron chi connectivity index (χ1n) is 8.71. The van der Waals surface area contributed by atoms with Crippen LogP contribution in [0.15, 0.2) is 35.2 Å². The predicted molar refractivity (Wildman–Crippen MR) is 106 cm³/mol. The van der Waals surface area contributed by atoms with Gasteiger partial charge < -0.3 is 10.2 Å². The van der Waals surface area contributed by atoms with Crippen LogP contribution in [0.4, 0.5) is 5.13 Å². The minimum absolute atomic E-state index is 0.358. The first-order chi connectivity index (χ1) is 12.5. The number of anilines is 1. The van der Waals surface area contributed by atoms with Crippen molar-refractivity contribution in [2.75, 3.05) is 38.0 Å². The quantitative estimate of drug-likeness (QED) is 0.663. The van der Waals surface area contributed by atoms with E-state index in [9.17, 15) is 8.42 Å². The standard InChI is InChI=1S/C16H23N5O2S3/c1-2-8-17-15-18-21(16(24)25-15)13-19-9-11-20(12-10-19)26(22,23)14-6-4-3-5-7-14/h3-7H,2,8-13H2,1H3,(H,17,18)/p+1. The summed E-state index contributed by atoms with van der Waals surface area (Å²) in [5.41, 5.74) is 0. The lowest BCUT2D eigenvalue weighted by atomic mass is 10.4. The molecule has 2 aromatic rings. The van der Waals surface area contributed by atoms with Gasteiger partial charge in [0, 0.05) is 6.54 Å². The molecule has 1 aliphatic rings. The molecule has 26 heavy (non-hydrogen) atoms. The van der Waals surface area contributed by atoms with E-state index in [2.05, 4.69) is 17.3 Å². The van der Waals surface area contributed by atoms with Crippen molar-refractivity contribution in [3.63, 3.8) is 0 Å². The molecule has 0 atom stereocenters. The Balaban J connectivity index is 1.59. The van der Waals surface area contributed by atoms with E-state index in [1.54, 1.807) is 28.6 Å². The van der Waals surface area contributed by atoms with E-state index in [1.807, 2.05) is 10.7 Å². The van der Waals surface area contributed by atoms with Crippen molar-refractivity contribution in [3.05, 3.63) is 34.3 Å². The van der Waals surface area contributed by atoms with Gasteiger partial charge in [-0.3, -0.25) is 0 Å². The molecule has 0 radical (unpaired) electrons. The van der Waals surface area contributed by atoms with Gasteiger partial charge in [-0.2, -0.15) is 8.99 Å². The van der Waals surface area contributed by atoms with Crippen LogP contribution in [-0.2, 0) is 16.7 Å². The second kappa shape index (κ2) is 8.57. The van der Waals surface area contributed by atoms with Gasteiger partial charge in [-0.05, 0) is 30.8 Å². The van der Waals surface area contributed by atoms with Crippen LogP contribution in [-0.4, -0.2) is 55.2 Å². The molecule has 3 rings (SSSR count). The van der Waals surface area contributed by atoms with Gasteiger partial charge in [0.05, 0.1) is 31.1 Å². The molecule has 0 saturated carbocycles. The van der Waals surface area contributed by atoms with Crippen LogP contribution in [0.2, 0.25) is 0 Å². The van der Waals surface area contributed by atoms with Crippen molar-refractivity contribution in [2.24, 2.45) is 0 Å². The molecule has 2 N–H and O–H groups in total. The van der Waals surface area contributed by atoms with Crippen molar-refractivity contribution in [1.82, 2.24) is 14.1 Å². The Bertz CT molecular complexity index is 871. The Morgan fingerprint density at radius 1 is 1.27 bits per heavy atom. The van der Waals surface area contributed by atoms with Crippen molar-refractivity contribution in [2.45, 2.75) is 24.9 Å². The summed E-state index contributed by atoms with van der Waals surface area (Å²) in [6.07, 6.45) is 1.04. The fraction of sp³-hybridized carbons (Fsp3) is 0.500. The van der Waals surface area contributed by atoms with Gasteiger partial charge in [0.1, 0.15) is 0 Å². The van der Waals surface area contributed by atoms with Crippen molar-refractivity contribution in [3.8, 4) is 0 Å². The molecule has 1 fully saturated rings. The molecule has 0 amide bonds. The van der Waals surface area contributed by atoms with Gasteiger partial charge in [0.25, 0.3) is 0 Å². The van der Waals surface area contributed by atoms with Gasteiger partial charge in [0.15, 0.2) is 10.6 Å². The van der Waals surface area contributed by atoms with E-state index >= 15 is 0 Å². The summed E-state index contributed by atoms with van der Waals surface area (Å²) in [6, 6.07) is 8.62. The van der Waals surface area contributed by atoms with Crippen LogP contribution in [0.25, 0.3) is 0 Å². The predicted octanol–water partition coefficient (Wildman–Crippen LogP) is 1.04. The van der Waals surface area contributed by atoms with Crippen LogP contribution in [0, 0.1) is 3.95 Å². The van der Waals surface area contributed by atoms with Gasteiger partial charge in [-0.15, -0.1) is 5.10 Å². The molecule has 0 unspecified atom stereocenters. The number of sulfonamides is 1. The lowest BCUT2D eigenvalue weighted by Crippen LogP contribution is -3.14. The van der Waals surface area contributed by atoms with Gasteiger partial charge in [0.2, 0.25) is 15.2 Å². The van der Waals surface area contributed by atoms with E-state index in [0.29, 0.717) is 24.7 Å². The third-order valence-electron chi connectivity index (χ3n) is 4.32. The summed E-state index contributed by atoms with van der Waals surface area (Å²) in [4.78, 5) is 1.64. The molecular formula is C16H24N5O2S3+. The zero-order valence-electron chi connectivity index (χ0n) is 14.7. The van der Waals surface area contributed by atoms with E-state index in [4.69, 9.17) is 12.2 Å². The van der Waals surface area contributed by atoms with E-state index in [1.165, 1.54) is 16.2 Å². The number of nitrogens with zero attached hydrogens (tertiary/aromatic N) is 3. The maximum absolute atomic E-state index is 12.7. The second-order valence-electron chi connectivity index (χ2n) is 6.22. The minimum Gasteiger partial charge on any atom is -0.360 e. The Kier molecular flexibility index (Phi) is 6.41. The Morgan fingerprint density at radius 3 is 2.62 bits per heavy atom. The number of piperazine rings is 1. The lowest BCUT2D eigenvalue weighted by molar-refractivity contribution is -0.926. The average Bonchev–Trinajstić information content (AvgIpc) is 3.00. The molecule has 0 bridgehead atoms. The lowest BCUT2D eigenvalue weighted by Gasteiger charge is -2.31. The zero-order chi connectivity index (χ0) is 18.6. The van der Waals surface area contributed by atoms with Crippen molar-refractivity contribution in [1.29, 1.82) is 0 Å². The Hall–Kier alpha value is -1.33. The number of rotatable bonds is 7. The molecule has 0 aliphatic carbocycles. The first-order valence-corrected chi connectivity index (χ1v) is 11.4. The normalized spacial score (nSPS) is 16.7. The van der Waals surface area contributed by atoms with Crippen LogP contribution < -0.4 is 10.2 Å². The average molecular weight is 415 g/mol. The molecule has 1 aromatic carbocycles. The maximum Gasteiger partial charge on any atom is 0.243 e. The molecule has 1 saturated heterocycles. The zero-order valence-corrected chi connectivity index (χ0v) is 17.2. The maximum atomic E-state index is 12.7. The van der Waals surface area contributed by atoms with Crippen molar-refractivity contribution >= 4 is 38.7 Å². The fourth-order valence-electron chi connectivity index (χ4n) is 2.86. The monoisotopic (exact) mass is 414 g/mol. The summed E-state index contributed by atoms with van der Waals surface area (Å²) < 4.78 is 29.5. The van der Waals surface area contributed by atoms with E-state index in [-0.39, 0.29) is 0 Å². The molecule has 2 heterocycles. The number of hydrogen-bond donors (Lipinski definition) is 2. The number of aromatic nitrogens is 2. The number of quaternary nitrogens is 1. The molecule has 1 aromatic heterocycles. The number of benzene rings is 1. The Labute approximate surface area is 163 Å². The molecule has 7 nitrogen and oxygen atoms in total. The van der Waals surface area contributed by atoms with Gasteiger partial charge >= 0.3 is 0 Å². The topological polar surface area (TPSA) is 71.7 Å². The third kappa shape index (κ3) is 4.49. The highest BCUT2D eigenvalue weighted by molar-refractivity contribution is 7.89. The number of hydrogen-bond acceptors (Lipinski definition) is 6.